The number of aliphatic hydroxyl groups excluding tert-OH is 1. The van der Waals surface area contributed by atoms with Crippen molar-refractivity contribution in [3.8, 4) is 10.8 Å². The van der Waals surface area contributed by atoms with Gasteiger partial charge in [0.15, 0.2) is 0 Å². The average Bonchev–Trinajstić information content (AvgIpc) is 3.09. The number of thiophene rings is 1. The molecular weight excluding hydrogens is 262 g/mol. The summed E-state index contributed by atoms with van der Waals surface area (Å²) in [4.78, 5) is 3.28. The zero-order valence-electron chi connectivity index (χ0n) is 10.7. The smallest absolute Gasteiger partial charge is 0.257 e. The quantitative estimate of drug-likeness (QED) is 0.927. The minimum atomic E-state index is 0.265. The van der Waals surface area contributed by atoms with Gasteiger partial charge in [0.2, 0.25) is 5.89 Å². The van der Waals surface area contributed by atoms with Gasteiger partial charge in [-0.05, 0) is 36.8 Å². The minimum absolute atomic E-state index is 0.265. The number of aromatic nitrogens is 2. The molecule has 0 radical (unpaired) electrons. The van der Waals surface area contributed by atoms with E-state index in [1.165, 1.54) is 0 Å². The van der Waals surface area contributed by atoms with E-state index in [0.29, 0.717) is 24.2 Å². The van der Waals surface area contributed by atoms with Crippen LogP contribution in [0, 0.1) is 5.92 Å². The standard InChI is InChI=1S/C13H17N3O2S/c17-9-10-3-1-5-16(7-10)8-12-14-15-13(18-12)11-4-2-6-19-11/h2,4,6,10,17H,1,3,5,7-9H2. The highest BCUT2D eigenvalue weighted by Crippen LogP contribution is 2.24. The van der Waals surface area contributed by atoms with Gasteiger partial charge in [0, 0.05) is 13.2 Å². The summed E-state index contributed by atoms with van der Waals surface area (Å²) in [5.74, 6) is 1.64. The van der Waals surface area contributed by atoms with Crippen molar-refractivity contribution in [3.05, 3.63) is 23.4 Å². The fourth-order valence-corrected chi connectivity index (χ4v) is 3.10. The van der Waals surface area contributed by atoms with Gasteiger partial charge in [-0.2, -0.15) is 0 Å². The van der Waals surface area contributed by atoms with Crippen molar-refractivity contribution in [1.82, 2.24) is 15.1 Å². The normalized spacial score (nSPS) is 20.8. The first kappa shape index (κ1) is 12.8. The molecule has 102 valence electrons. The third-order valence-electron chi connectivity index (χ3n) is 3.42. The molecule has 0 amide bonds. The molecule has 1 saturated heterocycles. The van der Waals surface area contributed by atoms with Gasteiger partial charge in [-0.1, -0.05) is 6.07 Å². The molecule has 3 rings (SSSR count). The lowest BCUT2D eigenvalue weighted by atomic mass is 9.99. The molecule has 1 atom stereocenters. The third-order valence-corrected chi connectivity index (χ3v) is 4.28. The fraction of sp³-hybridized carbons (Fsp3) is 0.538. The molecule has 0 aliphatic carbocycles. The molecular formula is C13H17N3O2S. The van der Waals surface area contributed by atoms with Crippen LogP contribution in [0.1, 0.15) is 18.7 Å². The maximum atomic E-state index is 9.23. The summed E-state index contributed by atoms with van der Waals surface area (Å²) in [6, 6.07) is 3.95. The third kappa shape index (κ3) is 3.02. The second-order valence-electron chi connectivity index (χ2n) is 4.90. The molecule has 0 spiro atoms. The fourth-order valence-electron chi connectivity index (χ4n) is 2.45. The molecule has 0 aromatic carbocycles. The van der Waals surface area contributed by atoms with Crippen molar-refractivity contribution in [1.29, 1.82) is 0 Å². The zero-order chi connectivity index (χ0) is 13.1. The van der Waals surface area contributed by atoms with Crippen molar-refractivity contribution in [2.24, 2.45) is 5.92 Å². The first-order chi connectivity index (χ1) is 9.35. The van der Waals surface area contributed by atoms with Crippen LogP contribution in [0.3, 0.4) is 0 Å². The molecule has 2 aromatic rings. The van der Waals surface area contributed by atoms with Crippen molar-refractivity contribution >= 4 is 11.3 Å². The van der Waals surface area contributed by atoms with Crippen LogP contribution in [0.4, 0.5) is 0 Å². The molecule has 1 fully saturated rings. The summed E-state index contributed by atoms with van der Waals surface area (Å²) in [6.45, 7) is 2.89. The molecule has 19 heavy (non-hydrogen) atoms. The first-order valence-corrected chi connectivity index (χ1v) is 7.42. The summed E-state index contributed by atoms with van der Waals surface area (Å²) >= 11 is 1.60. The molecule has 1 aliphatic rings. The topological polar surface area (TPSA) is 62.4 Å². The van der Waals surface area contributed by atoms with Crippen LogP contribution in [0.15, 0.2) is 21.9 Å². The highest BCUT2D eigenvalue weighted by Gasteiger charge is 2.21. The van der Waals surface area contributed by atoms with Crippen LogP contribution in [-0.4, -0.2) is 39.9 Å². The second-order valence-corrected chi connectivity index (χ2v) is 5.85. The number of hydrogen-bond donors (Lipinski definition) is 1. The Balaban J connectivity index is 1.64. The number of nitrogens with zero attached hydrogens (tertiary/aromatic N) is 3. The predicted octanol–water partition coefficient (Wildman–Crippen LogP) is 2.00. The zero-order valence-corrected chi connectivity index (χ0v) is 11.5. The molecule has 1 N–H and O–H groups in total. The highest BCUT2D eigenvalue weighted by molar-refractivity contribution is 7.13. The van der Waals surface area contributed by atoms with Crippen molar-refractivity contribution in [2.45, 2.75) is 19.4 Å². The first-order valence-electron chi connectivity index (χ1n) is 6.54. The second kappa shape index (κ2) is 5.81. The Labute approximate surface area is 115 Å². The van der Waals surface area contributed by atoms with E-state index in [0.717, 1.165) is 30.8 Å². The van der Waals surface area contributed by atoms with E-state index in [4.69, 9.17) is 4.42 Å². The van der Waals surface area contributed by atoms with Crippen molar-refractivity contribution in [2.75, 3.05) is 19.7 Å². The Morgan fingerprint density at radius 3 is 3.21 bits per heavy atom. The summed E-state index contributed by atoms with van der Waals surface area (Å²) in [5, 5.41) is 19.4. The molecule has 0 saturated carbocycles. The molecule has 2 aromatic heterocycles. The van der Waals surface area contributed by atoms with Crippen LogP contribution in [-0.2, 0) is 6.54 Å². The molecule has 0 bridgehead atoms. The average molecular weight is 279 g/mol. The van der Waals surface area contributed by atoms with E-state index in [1.54, 1.807) is 11.3 Å². The lowest BCUT2D eigenvalue weighted by Crippen LogP contribution is -2.36. The van der Waals surface area contributed by atoms with Gasteiger partial charge in [0.05, 0.1) is 11.4 Å². The maximum Gasteiger partial charge on any atom is 0.257 e. The monoisotopic (exact) mass is 279 g/mol. The van der Waals surface area contributed by atoms with Crippen LogP contribution < -0.4 is 0 Å². The maximum absolute atomic E-state index is 9.23. The van der Waals surface area contributed by atoms with Gasteiger partial charge in [-0.15, -0.1) is 21.5 Å². The van der Waals surface area contributed by atoms with Gasteiger partial charge in [-0.25, -0.2) is 0 Å². The molecule has 3 heterocycles. The molecule has 1 unspecified atom stereocenters. The minimum Gasteiger partial charge on any atom is -0.419 e. The van der Waals surface area contributed by atoms with Gasteiger partial charge < -0.3 is 9.52 Å². The summed E-state index contributed by atoms with van der Waals surface area (Å²) in [7, 11) is 0. The van der Waals surface area contributed by atoms with Gasteiger partial charge in [0.1, 0.15) is 0 Å². The Bertz CT molecular complexity index is 512. The SMILES string of the molecule is OCC1CCCN(Cc2nnc(-c3cccs3)o2)C1. The van der Waals surface area contributed by atoms with Gasteiger partial charge >= 0.3 is 0 Å². The van der Waals surface area contributed by atoms with E-state index < -0.39 is 0 Å². The summed E-state index contributed by atoms with van der Waals surface area (Å²) in [5.41, 5.74) is 0. The van der Waals surface area contributed by atoms with Crippen LogP contribution in [0.5, 0.6) is 0 Å². The van der Waals surface area contributed by atoms with Crippen LogP contribution >= 0.6 is 11.3 Å². The van der Waals surface area contributed by atoms with Crippen LogP contribution in [0.25, 0.3) is 10.8 Å². The number of hydrogen-bond acceptors (Lipinski definition) is 6. The number of likely N-dealkylation sites (tertiary alicyclic amines) is 1. The van der Waals surface area contributed by atoms with Gasteiger partial charge in [0.25, 0.3) is 5.89 Å². The van der Waals surface area contributed by atoms with E-state index in [1.807, 2.05) is 17.5 Å². The lowest BCUT2D eigenvalue weighted by Gasteiger charge is -2.30. The lowest BCUT2D eigenvalue weighted by molar-refractivity contribution is 0.109. The number of rotatable bonds is 4. The van der Waals surface area contributed by atoms with E-state index in [9.17, 15) is 5.11 Å². The molecule has 1 aliphatic heterocycles. The Hall–Kier alpha value is -1.24. The molecule has 6 heteroatoms. The Morgan fingerprint density at radius 2 is 2.42 bits per heavy atom. The largest absolute Gasteiger partial charge is 0.419 e. The predicted molar refractivity (Wildman–Crippen MR) is 72.7 cm³/mol. The summed E-state index contributed by atoms with van der Waals surface area (Å²) < 4.78 is 5.68. The van der Waals surface area contributed by atoms with E-state index in [2.05, 4.69) is 15.1 Å². The number of piperidine rings is 1. The van der Waals surface area contributed by atoms with Gasteiger partial charge in [-0.3, -0.25) is 4.90 Å². The number of aliphatic hydroxyl groups is 1. The summed E-state index contributed by atoms with van der Waals surface area (Å²) in [6.07, 6.45) is 2.23. The van der Waals surface area contributed by atoms with E-state index >= 15 is 0 Å². The molecule has 5 nitrogen and oxygen atoms in total. The van der Waals surface area contributed by atoms with E-state index in [-0.39, 0.29) is 6.61 Å². The van der Waals surface area contributed by atoms with Crippen molar-refractivity contribution in [3.63, 3.8) is 0 Å². The Kier molecular flexibility index (Phi) is 3.91. The highest BCUT2D eigenvalue weighted by atomic mass is 32.1. The van der Waals surface area contributed by atoms with Crippen molar-refractivity contribution < 1.29 is 9.52 Å². The van der Waals surface area contributed by atoms with Crippen LogP contribution in [0.2, 0.25) is 0 Å². The Morgan fingerprint density at radius 1 is 1.47 bits per heavy atom.